The summed E-state index contributed by atoms with van der Waals surface area (Å²) in [5, 5.41) is 25.3. The van der Waals surface area contributed by atoms with Gasteiger partial charge in [0.1, 0.15) is 18.1 Å². The zero-order valence-corrected chi connectivity index (χ0v) is 19.5. The normalized spacial score (nSPS) is 14.4. The Kier molecular flexibility index (Phi) is 12.3. The highest BCUT2D eigenvalue weighted by Crippen LogP contribution is 2.04. The minimum atomic E-state index is -1.52. The molecule has 184 valence electrons. The van der Waals surface area contributed by atoms with E-state index in [4.69, 9.17) is 10.8 Å². The zero-order valence-electron chi connectivity index (χ0n) is 17.8. The molecule has 0 fully saturated rings. The van der Waals surface area contributed by atoms with E-state index in [0.717, 1.165) is 0 Å². The minimum Gasteiger partial charge on any atom is -0.481 e. The molecule has 0 bridgehead atoms. The van der Waals surface area contributed by atoms with E-state index < -0.39 is 60.2 Å². The van der Waals surface area contributed by atoms with Crippen molar-refractivity contribution >= 4 is 54.1 Å². The van der Waals surface area contributed by atoms with Crippen molar-refractivity contribution in [3.8, 4) is 0 Å². The number of nitrogens with zero attached hydrogens (tertiary/aromatic N) is 1. The number of aromatic nitrogens is 2. The maximum absolute atomic E-state index is 12.6. The Balaban J connectivity index is 2.81. The number of hydrogen-bond donors (Lipinski definition) is 8. The molecule has 0 aromatic carbocycles. The first-order valence-corrected chi connectivity index (χ1v) is 11.8. The molecule has 0 aliphatic rings. The fraction of sp³-hybridized carbons (Fsp3) is 0.556. The molecule has 0 saturated carbocycles. The van der Waals surface area contributed by atoms with Crippen LogP contribution in [0, 0.1) is 0 Å². The van der Waals surface area contributed by atoms with Crippen LogP contribution in [0.3, 0.4) is 0 Å². The fourth-order valence-corrected chi connectivity index (χ4v) is 3.35. The van der Waals surface area contributed by atoms with Crippen LogP contribution in [0.15, 0.2) is 12.5 Å². The monoisotopic (exact) mass is 504 g/mol. The van der Waals surface area contributed by atoms with E-state index in [9.17, 15) is 29.1 Å². The van der Waals surface area contributed by atoms with E-state index in [2.05, 4.69) is 38.5 Å². The molecule has 4 unspecified atom stereocenters. The number of nitrogens with two attached hydrogens (primary N) is 1. The first kappa shape index (κ1) is 28.3. The lowest BCUT2D eigenvalue weighted by Crippen LogP contribution is -2.58. The Bertz CT molecular complexity index is 823. The van der Waals surface area contributed by atoms with Crippen molar-refractivity contribution in [2.24, 2.45) is 5.73 Å². The summed E-state index contributed by atoms with van der Waals surface area (Å²) < 4.78 is 0. The summed E-state index contributed by atoms with van der Waals surface area (Å²) >= 11 is 5.41. The van der Waals surface area contributed by atoms with Gasteiger partial charge < -0.3 is 36.9 Å². The Morgan fingerprint density at radius 3 is 2.21 bits per heavy atom. The van der Waals surface area contributed by atoms with Gasteiger partial charge in [0, 0.05) is 24.1 Å². The van der Waals surface area contributed by atoms with Crippen LogP contribution in [0.5, 0.6) is 0 Å². The Labute approximate surface area is 199 Å². The first-order chi connectivity index (χ1) is 15.6. The lowest BCUT2D eigenvalue weighted by Gasteiger charge is -2.23. The minimum absolute atomic E-state index is 0.0710. The van der Waals surface area contributed by atoms with Gasteiger partial charge in [0.15, 0.2) is 0 Å². The van der Waals surface area contributed by atoms with Gasteiger partial charge in [-0.2, -0.15) is 24.4 Å². The summed E-state index contributed by atoms with van der Waals surface area (Å²) in [6.45, 7) is 0. The van der Waals surface area contributed by atoms with Crippen molar-refractivity contribution in [2.45, 2.75) is 43.4 Å². The number of amides is 3. The number of thiol groups is 1. The summed E-state index contributed by atoms with van der Waals surface area (Å²) in [6, 6.07) is -5.04. The molecular formula is C18H28N6O7S2. The number of rotatable bonds is 15. The zero-order chi connectivity index (χ0) is 25.0. The second-order valence-corrected chi connectivity index (χ2v) is 8.32. The summed E-state index contributed by atoms with van der Waals surface area (Å²) in [7, 11) is 0. The van der Waals surface area contributed by atoms with E-state index >= 15 is 0 Å². The number of H-pyrrole nitrogens is 1. The van der Waals surface area contributed by atoms with Crippen LogP contribution < -0.4 is 21.7 Å². The number of nitrogens with one attached hydrogen (secondary N) is 4. The van der Waals surface area contributed by atoms with Crippen LogP contribution in [0.4, 0.5) is 0 Å². The highest BCUT2D eigenvalue weighted by molar-refractivity contribution is 7.98. The molecule has 1 aromatic rings. The third-order valence-corrected chi connectivity index (χ3v) is 5.39. The Morgan fingerprint density at radius 2 is 1.70 bits per heavy atom. The highest BCUT2D eigenvalue weighted by atomic mass is 32.2. The van der Waals surface area contributed by atoms with Crippen molar-refractivity contribution in [1.29, 1.82) is 0 Å². The van der Waals surface area contributed by atoms with Crippen molar-refractivity contribution in [1.82, 2.24) is 25.9 Å². The second kappa shape index (κ2) is 14.4. The molecule has 3 amide bonds. The van der Waals surface area contributed by atoms with Crippen LogP contribution in [0.1, 0.15) is 18.5 Å². The van der Waals surface area contributed by atoms with Gasteiger partial charge in [-0.3, -0.25) is 19.2 Å². The second-order valence-electron chi connectivity index (χ2n) is 6.97. The molecule has 0 aliphatic heterocycles. The number of hydrogen-bond acceptors (Lipinski definition) is 9. The van der Waals surface area contributed by atoms with Crippen molar-refractivity contribution in [3.05, 3.63) is 18.2 Å². The number of carboxylic acids is 2. The Hall–Kier alpha value is -2.78. The van der Waals surface area contributed by atoms with E-state index in [0.29, 0.717) is 11.4 Å². The van der Waals surface area contributed by atoms with Crippen LogP contribution in [0.2, 0.25) is 0 Å². The highest BCUT2D eigenvalue weighted by Gasteiger charge is 2.31. The molecule has 0 aliphatic carbocycles. The summed E-state index contributed by atoms with van der Waals surface area (Å²) in [5.74, 6) is -4.84. The summed E-state index contributed by atoms with van der Waals surface area (Å²) in [4.78, 5) is 66.6. The van der Waals surface area contributed by atoms with E-state index in [1.165, 1.54) is 24.3 Å². The van der Waals surface area contributed by atoms with E-state index in [-0.39, 0.29) is 18.6 Å². The predicted molar refractivity (Wildman–Crippen MR) is 123 cm³/mol. The molecule has 4 atom stereocenters. The average Bonchev–Trinajstić information content (AvgIpc) is 3.26. The van der Waals surface area contributed by atoms with Crippen LogP contribution in [0.25, 0.3) is 0 Å². The van der Waals surface area contributed by atoms with Crippen LogP contribution >= 0.6 is 24.4 Å². The molecule has 0 saturated heterocycles. The molecule has 0 radical (unpaired) electrons. The predicted octanol–water partition coefficient (Wildman–Crippen LogP) is -2.02. The maximum atomic E-state index is 12.6. The first-order valence-electron chi connectivity index (χ1n) is 9.77. The van der Waals surface area contributed by atoms with Gasteiger partial charge >= 0.3 is 11.9 Å². The number of aliphatic carboxylic acids is 2. The van der Waals surface area contributed by atoms with Crippen molar-refractivity contribution < 1.29 is 34.2 Å². The van der Waals surface area contributed by atoms with Crippen molar-refractivity contribution in [2.75, 3.05) is 17.8 Å². The smallest absolute Gasteiger partial charge is 0.326 e. The maximum Gasteiger partial charge on any atom is 0.326 e. The molecule has 1 aromatic heterocycles. The molecule has 13 nitrogen and oxygen atoms in total. The lowest BCUT2D eigenvalue weighted by atomic mass is 10.1. The molecule has 1 heterocycles. The van der Waals surface area contributed by atoms with Crippen LogP contribution in [-0.4, -0.2) is 91.8 Å². The van der Waals surface area contributed by atoms with Gasteiger partial charge in [-0.25, -0.2) is 9.78 Å². The van der Waals surface area contributed by atoms with E-state index in [1.807, 2.05) is 0 Å². The number of carbonyl (C=O) groups excluding carboxylic acids is 3. The van der Waals surface area contributed by atoms with Gasteiger partial charge in [0.25, 0.3) is 0 Å². The third kappa shape index (κ3) is 10.1. The van der Waals surface area contributed by atoms with Gasteiger partial charge in [0.05, 0.1) is 18.8 Å². The summed E-state index contributed by atoms with van der Waals surface area (Å²) in [5.41, 5.74) is 6.38. The molecule has 15 heteroatoms. The number of carbonyl (C=O) groups is 5. The topological polar surface area (TPSA) is 217 Å². The van der Waals surface area contributed by atoms with Crippen LogP contribution in [-0.2, 0) is 30.4 Å². The SMILES string of the molecule is CSCCC(NC(=O)C(CS)NC(=O)C(CC(=O)O)NC(=O)C(N)Cc1cnc[nH]1)C(=O)O. The number of thioether (sulfide) groups is 1. The van der Waals surface area contributed by atoms with Crippen molar-refractivity contribution in [3.63, 3.8) is 0 Å². The summed E-state index contributed by atoms with van der Waals surface area (Å²) in [6.07, 6.45) is 4.13. The number of aromatic amines is 1. The number of imidazole rings is 1. The molecular weight excluding hydrogens is 476 g/mol. The number of carboxylic acid groups (broad SMARTS) is 2. The lowest BCUT2D eigenvalue weighted by molar-refractivity contribution is -0.143. The van der Waals surface area contributed by atoms with Gasteiger partial charge in [0.2, 0.25) is 17.7 Å². The Morgan fingerprint density at radius 1 is 1.09 bits per heavy atom. The molecule has 1 rings (SSSR count). The molecule has 0 spiro atoms. The average molecular weight is 505 g/mol. The fourth-order valence-electron chi connectivity index (χ4n) is 2.62. The molecule has 8 N–H and O–H groups in total. The third-order valence-electron chi connectivity index (χ3n) is 4.38. The van der Waals surface area contributed by atoms with Gasteiger partial charge in [-0.1, -0.05) is 0 Å². The quantitative estimate of drug-likeness (QED) is 0.123. The largest absolute Gasteiger partial charge is 0.481 e. The van der Waals surface area contributed by atoms with E-state index in [1.54, 1.807) is 6.26 Å². The van der Waals surface area contributed by atoms with Gasteiger partial charge in [-0.05, 0) is 18.4 Å². The van der Waals surface area contributed by atoms with Gasteiger partial charge in [-0.15, -0.1) is 0 Å². The molecule has 33 heavy (non-hydrogen) atoms. The standard InChI is InChI=1S/C18H28N6O7S2/c1-33-3-2-11(18(30)31)22-17(29)13(7-32)24-16(28)12(5-14(25)26)23-15(27)10(19)4-9-6-20-8-21-9/h6,8,10-13,32H,2-5,7,19H2,1H3,(H,20,21)(H,22,29)(H,23,27)(H,24,28)(H,25,26)(H,30,31).